The van der Waals surface area contributed by atoms with E-state index in [0.29, 0.717) is 0 Å². The van der Waals surface area contributed by atoms with E-state index in [0.717, 1.165) is 31.7 Å². The predicted octanol–water partition coefficient (Wildman–Crippen LogP) is 3.33. The highest BCUT2D eigenvalue weighted by atomic mass is 35.5. The number of aliphatic hydroxyl groups excluding tert-OH is 1. The first-order valence-electron chi connectivity index (χ1n) is 6.48. The average molecular weight is 292 g/mol. The van der Waals surface area contributed by atoms with Crippen molar-refractivity contribution in [2.24, 2.45) is 11.7 Å². The lowest BCUT2D eigenvalue weighted by atomic mass is 9.81. The topological polar surface area (TPSA) is 46.2 Å². The zero-order chi connectivity index (χ0) is 13.1. The van der Waals surface area contributed by atoms with Crippen LogP contribution in [0, 0.1) is 17.6 Å². The largest absolute Gasteiger partial charge is 0.391 e. The molecule has 1 fully saturated rings. The van der Waals surface area contributed by atoms with Gasteiger partial charge in [-0.25, -0.2) is 8.78 Å². The zero-order valence-corrected chi connectivity index (χ0v) is 11.5. The SMILES string of the molecule is Cl.N[C@H](c1ccc(F)cc1F)[C@@H](O)C1CCCCC1. The van der Waals surface area contributed by atoms with Crippen molar-refractivity contribution >= 4 is 12.4 Å². The molecule has 0 aromatic heterocycles. The number of hydrogen-bond donors (Lipinski definition) is 2. The number of benzene rings is 1. The van der Waals surface area contributed by atoms with E-state index in [1.807, 2.05) is 0 Å². The van der Waals surface area contributed by atoms with Gasteiger partial charge in [0.15, 0.2) is 0 Å². The molecular formula is C14H20ClF2NO. The third-order valence-corrected chi connectivity index (χ3v) is 3.82. The van der Waals surface area contributed by atoms with Gasteiger partial charge in [-0.3, -0.25) is 0 Å². The number of hydrogen-bond acceptors (Lipinski definition) is 2. The number of halogens is 3. The number of aliphatic hydroxyl groups is 1. The Bertz CT molecular complexity index is 410. The van der Waals surface area contributed by atoms with E-state index >= 15 is 0 Å². The molecule has 2 rings (SSSR count). The summed E-state index contributed by atoms with van der Waals surface area (Å²) >= 11 is 0. The van der Waals surface area contributed by atoms with Crippen LogP contribution in [0.15, 0.2) is 18.2 Å². The van der Waals surface area contributed by atoms with E-state index in [-0.39, 0.29) is 23.9 Å². The van der Waals surface area contributed by atoms with Crippen LogP contribution in [-0.4, -0.2) is 11.2 Å². The summed E-state index contributed by atoms with van der Waals surface area (Å²) in [7, 11) is 0. The van der Waals surface area contributed by atoms with Crippen LogP contribution >= 0.6 is 12.4 Å². The fourth-order valence-electron chi connectivity index (χ4n) is 2.72. The van der Waals surface area contributed by atoms with Gasteiger partial charge in [-0.1, -0.05) is 25.3 Å². The van der Waals surface area contributed by atoms with Gasteiger partial charge in [-0.2, -0.15) is 0 Å². The van der Waals surface area contributed by atoms with Gasteiger partial charge in [-0.05, 0) is 24.8 Å². The van der Waals surface area contributed by atoms with Crippen LogP contribution < -0.4 is 5.73 Å². The van der Waals surface area contributed by atoms with Crippen molar-refractivity contribution in [3.8, 4) is 0 Å². The molecule has 1 aromatic rings. The van der Waals surface area contributed by atoms with E-state index in [2.05, 4.69) is 0 Å². The normalized spacial score (nSPS) is 19.6. The number of nitrogens with two attached hydrogens (primary N) is 1. The Labute approximate surface area is 118 Å². The molecule has 0 radical (unpaired) electrons. The summed E-state index contributed by atoms with van der Waals surface area (Å²) < 4.78 is 26.4. The molecule has 0 amide bonds. The summed E-state index contributed by atoms with van der Waals surface area (Å²) in [4.78, 5) is 0. The van der Waals surface area contributed by atoms with Crippen molar-refractivity contribution in [2.45, 2.75) is 44.2 Å². The van der Waals surface area contributed by atoms with Crippen LogP contribution in [0.5, 0.6) is 0 Å². The molecule has 2 atom stereocenters. The van der Waals surface area contributed by atoms with Gasteiger partial charge >= 0.3 is 0 Å². The highest BCUT2D eigenvalue weighted by molar-refractivity contribution is 5.85. The molecule has 1 aliphatic carbocycles. The van der Waals surface area contributed by atoms with Crippen molar-refractivity contribution in [2.75, 3.05) is 0 Å². The third-order valence-electron chi connectivity index (χ3n) is 3.82. The van der Waals surface area contributed by atoms with Gasteiger partial charge in [0.1, 0.15) is 11.6 Å². The van der Waals surface area contributed by atoms with E-state index in [9.17, 15) is 13.9 Å². The highest BCUT2D eigenvalue weighted by Crippen LogP contribution is 2.32. The van der Waals surface area contributed by atoms with Crippen LogP contribution in [0.25, 0.3) is 0 Å². The summed E-state index contributed by atoms with van der Waals surface area (Å²) in [5.74, 6) is -1.19. The predicted molar refractivity (Wildman–Crippen MR) is 73.1 cm³/mol. The molecule has 19 heavy (non-hydrogen) atoms. The van der Waals surface area contributed by atoms with E-state index in [4.69, 9.17) is 5.73 Å². The van der Waals surface area contributed by atoms with Crippen LogP contribution in [0.2, 0.25) is 0 Å². The second kappa shape index (κ2) is 7.17. The summed E-state index contributed by atoms with van der Waals surface area (Å²) in [6.45, 7) is 0. The van der Waals surface area contributed by atoms with Crippen molar-refractivity contribution in [3.63, 3.8) is 0 Å². The Morgan fingerprint density at radius 1 is 1.16 bits per heavy atom. The molecule has 108 valence electrons. The molecule has 0 spiro atoms. The van der Waals surface area contributed by atoms with Gasteiger partial charge in [0.25, 0.3) is 0 Å². The summed E-state index contributed by atoms with van der Waals surface area (Å²) in [5.41, 5.74) is 6.10. The highest BCUT2D eigenvalue weighted by Gasteiger charge is 2.29. The number of rotatable bonds is 3. The molecule has 1 aromatic carbocycles. The smallest absolute Gasteiger partial charge is 0.130 e. The van der Waals surface area contributed by atoms with Crippen LogP contribution in [0.4, 0.5) is 8.78 Å². The van der Waals surface area contributed by atoms with Crippen LogP contribution in [0.3, 0.4) is 0 Å². The molecular weight excluding hydrogens is 272 g/mol. The fourth-order valence-corrected chi connectivity index (χ4v) is 2.72. The van der Waals surface area contributed by atoms with Gasteiger partial charge in [0.2, 0.25) is 0 Å². The standard InChI is InChI=1S/C14H19F2NO.ClH/c15-10-6-7-11(12(16)8-10)13(17)14(18)9-4-2-1-3-5-9;/h6-9,13-14,18H,1-5,17H2;1H/t13-,14+;/m1./s1. The Morgan fingerprint density at radius 2 is 1.79 bits per heavy atom. The molecule has 0 saturated heterocycles. The van der Waals surface area contributed by atoms with Crippen LogP contribution in [-0.2, 0) is 0 Å². The first-order chi connectivity index (χ1) is 8.59. The van der Waals surface area contributed by atoms with E-state index < -0.39 is 23.8 Å². The monoisotopic (exact) mass is 291 g/mol. The van der Waals surface area contributed by atoms with Gasteiger partial charge in [0, 0.05) is 11.6 Å². The Kier molecular flexibility index (Phi) is 6.17. The minimum absolute atomic E-state index is 0. The van der Waals surface area contributed by atoms with Gasteiger partial charge in [-0.15, -0.1) is 12.4 Å². The molecule has 0 heterocycles. The summed E-state index contributed by atoms with van der Waals surface area (Å²) in [5, 5.41) is 10.2. The maximum Gasteiger partial charge on any atom is 0.130 e. The summed E-state index contributed by atoms with van der Waals surface area (Å²) in [6, 6.07) is 2.52. The lowest BCUT2D eigenvalue weighted by molar-refractivity contribution is 0.0607. The van der Waals surface area contributed by atoms with Crippen molar-refractivity contribution in [1.29, 1.82) is 0 Å². The molecule has 1 saturated carbocycles. The molecule has 0 bridgehead atoms. The zero-order valence-electron chi connectivity index (χ0n) is 10.7. The maximum absolute atomic E-state index is 13.6. The lowest BCUT2D eigenvalue weighted by Gasteiger charge is -2.30. The van der Waals surface area contributed by atoms with Gasteiger partial charge in [0.05, 0.1) is 12.1 Å². The third kappa shape index (κ3) is 3.88. The lowest BCUT2D eigenvalue weighted by Crippen LogP contribution is -2.34. The van der Waals surface area contributed by atoms with E-state index in [1.165, 1.54) is 18.6 Å². The van der Waals surface area contributed by atoms with Crippen molar-refractivity contribution < 1.29 is 13.9 Å². The van der Waals surface area contributed by atoms with E-state index in [1.54, 1.807) is 0 Å². The van der Waals surface area contributed by atoms with Crippen molar-refractivity contribution in [3.05, 3.63) is 35.4 Å². The molecule has 0 aliphatic heterocycles. The minimum Gasteiger partial charge on any atom is -0.391 e. The van der Waals surface area contributed by atoms with Crippen LogP contribution in [0.1, 0.15) is 43.7 Å². The Hall–Kier alpha value is -0.710. The molecule has 5 heteroatoms. The van der Waals surface area contributed by atoms with Crippen molar-refractivity contribution in [1.82, 2.24) is 0 Å². The van der Waals surface area contributed by atoms with Gasteiger partial charge < -0.3 is 10.8 Å². The molecule has 1 aliphatic rings. The average Bonchev–Trinajstić information content (AvgIpc) is 2.38. The second-order valence-electron chi connectivity index (χ2n) is 5.08. The Balaban J connectivity index is 0.00000180. The Morgan fingerprint density at radius 3 is 2.37 bits per heavy atom. The first-order valence-corrected chi connectivity index (χ1v) is 6.48. The molecule has 3 N–H and O–H groups in total. The molecule has 2 nitrogen and oxygen atoms in total. The quantitative estimate of drug-likeness (QED) is 0.897. The first kappa shape index (κ1) is 16.3. The maximum atomic E-state index is 13.6. The molecule has 0 unspecified atom stereocenters. The minimum atomic E-state index is -0.784. The second-order valence-corrected chi connectivity index (χ2v) is 5.08. The summed E-state index contributed by atoms with van der Waals surface area (Å²) in [6.07, 6.45) is 4.45. The fraction of sp³-hybridized carbons (Fsp3) is 0.571.